The van der Waals surface area contributed by atoms with Crippen LogP contribution in [-0.2, 0) is 3.07 Å². The van der Waals surface area contributed by atoms with Crippen molar-refractivity contribution in [3.63, 3.8) is 0 Å². The molecule has 2 atom stereocenters. The van der Waals surface area contributed by atoms with E-state index in [0.717, 1.165) is 13.0 Å². The first-order valence-electron chi connectivity index (χ1n) is 6.17. The summed E-state index contributed by atoms with van der Waals surface area (Å²) in [5, 5.41) is 0. The van der Waals surface area contributed by atoms with E-state index >= 15 is 0 Å². The Morgan fingerprint density at radius 2 is 2.06 bits per heavy atom. The van der Waals surface area contributed by atoms with Crippen LogP contribution in [0, 0.1) is 0 Å². The van der Waals surface area contributed by atoms with Gasteiger partial charge in [-0.2, -0.15) is 0 Å². The van der Waals surface area contributed by atoms with Crippen LogP contribution < -0.4 is 9.31 Å². The second kappa shape index (κ2) is 7.12. The van der Waals surface area contributed by atoms with Crippen LogP contribution in [0.1, 0.15) is 38.3 Å². The number of unbranched alkanes of at least 4 members (excludes halogenated alkanes) is 1. The predicted molar refractivity (Wildman–Crippen MR) is 80.1 cm³/mol. The van der Waals surface area contributed by atoms with Gasteiger partial charge in [-0.3, -0.25) is 0 Å². The summed E-state index contributed by atoms with van der Waals surface area (Å²) in [7, 11) is 0. The quantitative estimate of drug-likeness (QED) is 0.581. The molecule has 17 heavy (non-hydrogen) atoms. The fraction of sp³-hybridized carbons (Fsp3) is 0.538. The molecule has 0 aliphatic rings. The first-order chi connectivity index (χ1) is 7.99. The standard InChI is InChI=1S/C8H10N.C4H9O.CH3.BrH.Sn/c1-7(9)8-5-3-2-4-6-8;1-2-3-4-5;;;/h2-5,7H,9H2,1H3;2-4H2,1H3;1H3;1H;/q;-1;;;+2/p-1. The first kappa shape index (κ1) is 15.5. The van der Waals surface area contributed by atoms with Crippen molar-refractivity contribution in [1.29, 1.82) is 0 Å². The molecule has 2 N–H and O–H groups in total. The molecule has 0 aliphatic heterocycles. The summed E-state index contributed by atoms with van der Waals surface area (Å²) in [6, 6.07) is 8.45. The molecule has 0 saturated heterocycles. The van der Waals surface area contributed by atoms with E-state index in [9.17, 15) is 0 Å². The van der Waals surface area contributed by atoms with E-state index in [1.54, 1.807) is 0 Å². The molecule has 1 aromatic rings. The maximum absolute atomic E-state index is 6.12. The van der Waals surface area contributed by atoms with Crippen molar-refractivity contribution in [2.75, 3.05) is 6.61 Å². The monoisotopic (exact) mass is 407 g/mol. The molecule has 0 bridgehead atoms. The molecule has 0 aliphatic carbocycles. The SMILES string of the molecule is CCCC[O][Sn]([CH3])([Br])[c]1ccccc1C(C)N. The third kappa shape index (κ3) is 4.54. The molecule has 1 rings (SSSR count). The van der Waals surface area contributed by atoms with Gasteiger partial charge in [0.1, 0.15) is 0 Å². The van der Waals surface area contributed by atoms with Gasteiger partial charge in [-0.15, -0.1) is 0 Å². The van der Waals surface area contributed by atoms with Crippen molar-refractivity contribution < 1.29 is 3.07 Å². The first-order valence-corrected chi connectivity index (χ1v) is 18.0. The van der Waals surface area contributed by atoms with Crippen molar-refractivity contribution in [3.05, 3.63) is 29.8 Å². The Hall–Kier alpha value is 0.419. The number of benzene rings is 1. The number of hydrogen-bond acceptors (Lipinski definition) is 2. The van der Waals surface area contributed by atoms with Crippen molar-refractivity contribution >= 4 is 32.9 Å². The molecule has 1 aromatic carbocycles. The van der Waals surface area contributed by atoms with Crippen LogP contribution in [0.25, 0.3) is 0 Å². The average Bonchev–Trinajstić information content (AvgIpc) is 2.29. The molecule has 0 radical (unpaired) electrons. The van der Waals surface area contributed by atoms with Gasteiger partial charge in [-0.1, -0.05) is 0 Å². The van der Waals surface area contributed by atoms with Gasteiger partial charge in [-0.25, -0.2) is 0 Å². The zero-order valence-electron chi connectivity index (χ0n) is 10.9. The Balaban J connectivity index is 2.89. The van der Waals surface area contributed by atoms with Crippen LogP contribution in [-0.4, -0.2) is 23.2 Å². The zero-order valence-corrected chi connectivity index (χ0v) is 15.3. The molecule has 2 nitrogen and oxygen atoms in total. The molecular weight excluding hydrogens is 385 g/mol. The van der Waals surface area contributed by atoms with Crippen LogP contribution in [0.3, 0.4) is 0 Å². The Morgan fingerprint density at radius 3 is 2.65 bits per heavy atom. The summed E-state index contributed by atoms with van der Waals surface area (Å²) in [5.74, 6) is 0. The fourth-order valence-corrected chi connectivity index (χ4v) is 10.7. The van der Waals surface area contributed by atoms with Crippen LogP contribution in [0.4, 0.5) is 0 Å². The summed E-state index contributed by atoms with van der Waals surface area (Å²) in [4.78, 5) is 2.24. The number of rotatable bonds is 6. The van der Waals surface area contributed by atoms with E-state index in [4.69, 9.17) is 8.81 Å². The second-order valence-corrected chi connectivity index (χ2v) is 22.2. The van der Waals surface area contributed by atoms with E-state index in [2.05, 4.69) is 42.8 Å². The van der Waals surface area contributed by atoms with Gasteiger partial charge in [0, 0.05) is 0 Å². The van der Waals surface area contributed by atoms with Crippen LogP contribution in [0.15, 0.2) is 24.3 Å². The molecule has 2 unspecified atom stereocenters. The normalized spacial score (nSPS) is 16.5. The molecule has 0 spiro atoms. The van der Waals surface area contributed by atoms with Gasteiger partial charge >= 0.3 is 116 Å². The molecule has 0 saturated carbocycles. The second-order valence-electron chi connectivity index (χ2n) is 4.49. The number of hydrogen-bond donors (Lipinski definition) is 1. The Labute approximate surface area is 115 Å². The Kier molecular flexibility index (Phi) is 6.48. The molecule has 0 heterocycles. The van der Waals surface area contributed by atoms with Crippen LogP contribution in [0.2, 0.25) is 4.94 Å². The summed E-state index contributed by atoms with van der Waals surface area (Å²) < 4.78 is 7.44. The van der Waals surface area contributed by atoms with E-state index < -0.39 is 16.6 Å². The van der Waals surface area contributed by atoms with Gasteiger partial charge in [0.15, 0.2) is 0 Å². The molecule has 4 heteroatoms. The van der Waals surface area contributed by atoms with Crippen LogP contribution >= 0.6 is 12.7 Å². The Bertz CT molecular complexity index is 355. The average molecular weight is 407 g/mol. The van der Waals surface area contributed by atoms with Gasteiger partial charge in [0.05, 0.1) is 0 Å². The van der Waals surface area contributed by atoms with E-state index in [0.29, 0.717) is 0 Å². The number of nitrogens with two attached hydrogens (primary N) is 1. The van der Waals surface area contributed by atoms with Gasteiger partial charge < -0.3 is 0 Å². The molecule has 0 fully saturated rings. The summed E-state index contributed by atoms with van der Waals surface area (Å²) in [5.41, 5.74) is 7.24. The van der Waals surface area contributed by atoms with Gasteiger partial charge in [-0.05, 0) is 0 Å². The van der Waals surface area contributed by atoms with Crippen LogP contribution in [0.5, 0.6) is 0 Å². The molecule has 0 amide bonds. The minimum atomic E-state index is -2.78. The van der Waals surface area contributed by atoms with Crippen molar-refractivity contribution in [1.82, 2.24) is 0 Å². The maximum atomic E-state index is 6.12. The molecule has 0 aromatic heterocycles. The van der Waals surface area contributed by atoms with Crippen molar-refractivity contribution in [2.45, 2.75) is 37.7 Å². The van der Waals surface area contributed by atoms with Crippen molar-refractivity contribution in [2.24, 2.45) is 5.73 Å². The Morgan fingerprint density at radius 1 is 1.41 bits per heavy atom. The van der Waals surface area contributed by atoms with E-state index in [1.165, 1.54) is 15.6 Å². The summed E-state index contributed by atoms with van der Waals surface area (Å²) >= 11 is 1.09. The molecule has 96 valence electrons. The third-order valence-electron chi connectivity index (χ3n) is 2.80. The zero-order chi connectivity index (χ0) is 12.9. The predicted octanol–water partition coefficient (Wildman–Crippen LogP) is 3.20. The topological polar surface area (TPSA) is 35.2 Å². The minimum absolute atomic E-state index is 0.0644. The van der Waals surface area contributed by atoms with Crippen molar-refractivity contribution in [3.8, 4) is 0 Å². The van der Waals surface area contributed by atoms with Gasteiger partial charge in [0.2, 0.25) is 0 Å². The summed E-state index contributed by atoms with van der Waals surface area (Å²) in [6.45, 7) is 5.06. The fourth-order valence-electron chi connectivity index (χ4n) is 1.79. The summed E-state index contributed by atoms with van der Waals surface area (Å²) in [6.07, 6.45) is 2.29. The molecular formula is C13H22BrNOSn. The van der Waals surface area contributed by atoms with E-state index in [1.807, 2.05) is 13.0 Å². The third-order valence-corrected chi connectivity index (χ3v) is 13.4. The number of halogens is 1. The van der Waals surface area contributed by atoms with Gasteiger partial charge in [0.25, 0.3) is 0 Å². The van der Waals surface area contributed by atoms with E-state index in [-0.39, 0.29) is 6.04 Å².